The molecule has 100 valence electrons. The molecule has 0 spiro atoms. The Balaban J connectivity index is 2.53. The predicted octanol–water partition coefficient (Wildman–Crippen LogP) is 2.54. The molecule has 0 amide bonds. The number of hydrogen-bond donors (Lipinski definition) is 1. The molecule has 0 atom stereocenters. The van der Waals surface area contributed by atoms with Gasteiger partial charge >= 0.3 is 0 Å². The molecule has 0 unspecified atom stereocenters. The van der Waals surface area contributed by atoms with Crippen molar-refractivity contribution in [2.45, 2.75) is 41.0 Å². The van der Waals surface area contributed by atoms with Crippen molar-refractivity contribution in [2.24, 2.45) is 5.73 Å². The molecule has 1 fully saturated rings. The lowest BCUT2D eigenvalue weighted by Gasteiger charge is -2.25. The zero-order valence-corrected chi connectivity index (χ0v) is 12.4. The summed E-state index contributed by atoms with van der Waals surface area (Å²) >= 11 is 1.45. The summed E-state index contributed by atoms with van der Waals surface area (Å²) in [6.45, 7) is 0. The Hall–Kier alpha value is -0.520. The van der Waals surface area contributed by atoms with Crippen LogP contribution in [0.15, 0.2) is 28.0 Å². The molecule has 0 saturated heterocycles. The second kappa shape index (κ2) is 4.87. The number of thioether (sulfide) groups is 1. The van der Waals surface area contributed by atoms with Gasteiger partial charge in [-0.15, -0.1) is 11.8 Å². The molecule has 2 N–H and O–H groups in total. The summed E-state index contributed by atoms with van der Waals surface area (Å²) in [5, 5.41) is 0. The van der Waals surface area contributed by atoms with Crippen LogP contribution in [-0.4, -0.2) is 20.9 Å². The maximum Gasteiger partial charge on any atom is 0.176 e. The van der Waals surface area contributed by atoms with E-state index < -0.39 is 9.84 Å². The van der Waals surface area contributed by atoms with Gasteiger partial charge in [-0.25, -0.2) is 8.42 Å². The zero-order valence-electron chi connectivity index (χ0n) is 10.8. The average molecular weight is 285 g/mol. The van der Waals surface area contributed by atoms with Crippen LogP contribution in [0.5, 0.6) is 0 Å². The normalized spacial score (nSPS) is 19.1. The Morgan fingerprint density at radius 3 is 2.39 bits per heavy atom. The summed E-state index contributed by atoms with van der Waals surface area (Å²) in [5.41, 5.74) is 7.00. The van der Waals surface area contributed by atoms with Crippen LogP contribution in [0.3, 0.4) is 0 Å². The van der Waals surface area contributed by atoms with Crippen LogP contribution in [-0.2, 0) is 15.4 Å². The van der Waals surface area contributed by atoms with E-state index in [1.54, 1.807) is 6.07 Å². The van der Waals surface area contributed by atoms with Crippen LogP contribution >= 0.6 is 11.8 Å². The summed E-state index contributed by atoms with van der Waals surface area (Å²) in [7, 11) is -3.20. The largest absolute Gasteiger partial charge is 0.321 e. The molecule has 0 radical (unpaired) electrons. The first-order valence-corrected chi connectivity index (χ1v) is 9.16. The van der Waals surface area contributed by atoms with Crippen LogP contribution in [0.2, 0.25) is 0 Å². The molecule has 1 aliphatic carbocycles. The number of rotatable bonds is 3. The van der Waals surface area contributed by atoms with Crippen LogP contribution in [0.4, 0.5) is 0 Å². The number of sulfone groups is 1. The highest BCUT2D eigenvalue weighted by Crippen LogP contribution is 2.38. The van der Waals surface area contributed by atoms with Crippen LogP contribution < -0.4 is 5.73 Å². The summed E-state index contributed by atoms with van der Waals surface area (Å²) in [6.07, 6.45) is 7.26. The quantitative estimate of drug-likeness (QED) is 0.867. The molecule has 0 heterocycles. The Morgan fingerprint density at radius 1 is 1.28 bits per heavy atom. The van der Waals surface area contributed by atoms with E-state index in [9.17, 15) is 8.42 Å². The minimum atomic E-state index is -3.20. The topological polar surface area (TPSA) is 60.2 Å². The van der Waals surface area contributed by atoms with E-state index in [-0.39, 0.29) is 5.54 Å². The maximum absolute atomic E-state index is 11.8. The summed E-state index contributed by atoms with van der Waals surface area (Å²) in [5.74, 6) is 0. The van der Waals surface area contributed by atoms with Gasteiger partial charge in [0.25, 0.3) is 0 Å². The molecule has 1 saturated carbocycles. The van der Waals surface area contributed by atoms with Gasteiger partial charge in [-0.1, -0.05) is 18.9 Å². The summed E-state index contributed by atoms with van der Waals surface area (Å²) in [4.78, 5) is 1.20. The first kappa shape index (κ1) is 13.9. The zero-order chi connectivity index (χ0) is 13.4. The fraction of sp³-hybridized carbons (Fsp3) is 0.538. The van der Waals surface area contributed by atoms with Gasteiger partial charge in [0.1, 0.15) is 0 Å². The lowest BCUT2D eigenvalue weighted by Crippen LogP contribution is -2.33. The van der Waals surface area contributed by atoms with E-state index >= 15 is 0 Å². The SMILES string of the molecule is CSc1ccc(C2(N)CCCC2)cc1S(C)(=O)=O. The minimum absolute atomic E-state index is 0.337. The van der Waals surface area contributed by atoms with Crippen molar-refractivity contribution >= 4 is 21.6 Å². The van der Waals surface area contributed by atoms with E-state index in [2.05, 4.69) is 0 Å². The second-order valence-corrected chi connectivity index (χ2v) is 7.83. The van der Waals surface area contributed by atoms with E-state index in [4.69, 9.17) is 5.73 Å². The monoisotopic (exact) mass is 285 g/mol. The third kappa shape index (κ3) is 2.58. The molecule has 1 aliphatic rings. The van der Waals surface area contributed by atoms with Crippen molar-refractivity contribution in [3.63, 3.8) is 0 Å². The van der Waals surface area contributed by atoms with Crippen LogP contribution in [0, 0.1) is 0 Å². The Labute approximate surface area is 113 Å². The van der Waals surface area contributed by atoms with E-state index in [1.807, 2.05) is 18.4 Å². The lowest BCUT2D eigenvalue weighted by molar-refractivity contribution is 0.460. The molecular formula is C13H19NO2S2. The lowest BCUT2D eigenvalue weighted by atomic mass is 9.89. The van der Waals surface area contributed by atoms with Crippen molar-refractivity contribution in [2.75, 3.05) is 12.5 Å². The van der Waals surface area contributed by atoms with Crippen molar-refractivity contribution in [1.29, 1.82) is 0 Å². The van der Waals surface area contributed by atoms with Crippen molar-refractivity contribution in [3.8, 4) is 0 Å². The van der Waals surface area contributed by atoms with Gasteiger partial charge in [0.05, 0.1) is 4.90 Å². The van der Waals surface area contributed by atoms with Gasteiger partial charge in [-0.05, 0) is 36.8 Å². The molecule has 3 nitrogen and oxygen atoms in total. The molecule has 1 aromatic rings. The van der Waals surface area contributed by atoms with Crippen LogP contribution in [0.1, 0.15) is 31.2 Å². The van der Waals surface area contributed by atoms with Gasteiger partial charge in [0, 0.05) is 16.7 Å². The number of nitrogens with two attached hydrogens (primary N) is 1. The average Bonchev–Trinajstić information content (AvgIpc) is 2.75. The molecule has 0 aliphatic heterocycles. The molecule has 1 aromatic carbocycles. The fourth-order valence-electron chi connectivity index (χ4n) is 2.57. The third-order valence-corrected chi connectivity index (χ3v) is 5.70. The van der Waals surface area contributed by atoms with Crippen molar-refractivity contribution in [3.05, 3.63) is 23.8 Å². The standard InChI is InChI=1S/C13H19NO2S2/c1-17-11-6-5-10(9-12(11)18(2,15)16)13(14)7-3-4-8-13/h5-6,9H,3-4,7-8,14H2,1-2H3. The first-order chi connectivity index (χ1) is 8.37. The molecular weight excluding hydrogens is 266 g/mol. The van der Waals surface area contributed by atoms with Crippen LogP contribution in [0.25, 0.3) is 0 Å². The van der Waals surface area contributed by atoms with Gasteiger partial charge in [-0.3, -0.25) is 0 Å². The highest BCUT2D eigenvalue weighted by Gasteiger charge is 2.32. The molecule has 18 heavy (non-hydrogen) atoms. The molecule has 0 bridgehead atoms. The van der Waals surface area contributed by atoms with Crippen molar-refractivity contribution in [1.82, 2.24) is 0 Å². The van der Waals surface area contributed by atoms with E-state index in [1.165, 1.54) is 18.0 Å². The van der Waals surface area contributed by atoms with Gasteiger partial charge in [-0.2, -0.15) is 0 Å². The van der Waals surface area contributed by atoms with Gasteiger partial charge in [0.15, 0.2) is 9.84 Å². The summed E-state index contributed by atoms with van der Waals surface area (Å²) < 4.78 is 23.7. The van der Waals surface area contributed by atoms with Gasteiger partial charge < -0.3 is 5.73 Å². The van der Waals surface area contributed by atoms with E-state index in [0.29, 0.717) is 4.90 Å². The smallest absolute Gasteiger partial charge is 0.176 e. The molecule has 2 rings (SSSR count). The Morgan fingerprint density at radius 2 is 1.89 bits per heavy atom. The second-order valence-electron chi connectivity index (χ2n) is 5.00. The molecule has 0 aromatic heterocycles. The highest BCUT2D eigenvalue weighted by atomic mass is 32.2. The Bertz CT molecular complexity index is 546. The van der Waals surface area contributed by atoms with Gasteiger partial charge in [0.2, 0.25) is 0 Å². The fourth-order valence-corrected chi connectivity index (χ4v) is 4.51. The van der Waals surface area contributed by atoms with E-state index in [0.717, 1.165) is 36.1 Å². The first-order valence-electron chi connectivity index (χ1n) is 6.04. The minimum Gasteiger partial charge on any atom is -0.321 e. The number of hydrogen-bond acceptors (Lipinski definition) is 4. The highest BCUT2D eigenvalue weighted by molar-refractivity contribution is 7.99. The summed E-state index contributed by atoms with van der Waals surface area (Å²) in [6, 6.07) is 5.63. The van der Waals surface area contributed by atoms with Crippen molar-refractivity contribution < 1.29 is 8.42 Å². The predicted molar refractivity (Wildman–Crippen MR) is 75.7 cm³/mol. The number of benzene rings is 1. The maximum atomic E-state index is 11.8. The third-order valence-electron chi connectivity index (χ3n) is 3.63. The Kier molecular flexibility index (Phi) is 3.76. The molecule has 5 heteroatoms.